The Bertz CT molecular complexity index is 509. The highest BCUT2D eigenvalue weighted by Crippen LogP contribution is 2.19. The zero-order chi connectivity index (χ0) is 13.0. The number of ether oxygens (including phenoxy) is 1. The number of aryl methyl sites for hydroxylation is 1. The zero-order valence-electron chi connectivity index (χ0n) is 10.7. The number of hydrogen-bond donors (Lipinski definition) is 1. The number of benzene rings is 1. The largest absolute Gasteiger partial charge is 0.497 e. The molecule has 18 heavy (non-hydrogen) atoms. The highest BCUT2D eigenvalue weighted by Gasteiger charge is 2.12. The molecular formula is C13H18N4O. The second-order valence-corrected chi connectivity index (χ2v) is 4.08. The highest BCUT2D eigenvalue weighted by molar-refractivity contribution is 5.30. The Labute approximate surface area is 107 Å². The van der Waals surface area contributed by atoms with Gasteiger partial charge in [-0.15, -0.1) is 0 Å². The minimum atomic E-state index is -0.102. The van der Waals surface area contributed by atoms with Crippen LogP contribution in [0.4, 0.5) is 0 Å². The van der Waals surface area contributed by atoms with Gasteiger partial charge >= 0.3 is 0 Å². The lowest BCUT2D eigenvalue weighted by Crippen LogP contribution is -2.16. The second-order valence-electron chi connectivity index (χ2n) is 4.08. The first-order valence-electron chi connectivity index (χ1n) is 6.00. The summed E-state index contributed by atoms with van der Waals surface area (Å²) in [6, 6.07) is 7.70. The van der Waals surface area contributed by atoms with Gasteiger partial charge in [0.15, 0.2) is 0 Å². The van der Waals surface area contributed by atoms with E-state index in [9.17, 15) is 0 Å². The van der Waals surface area contributed by atoms with Crippen molar-refractivity contribution in [2.75, 3.05) is 7.11 Å². The minimum Gasteiger partial charge on any atom is -0.497 e. The van der Waals surface area contributed by atoms with Crippen LogP contribution in [0.1, 0.15) is 24.4 Å². The number of nitrogens with zero attached hydrogens (tertiary/aromatic N) is 3. The van der Waals surface area contributed by atoms with Crippen molar-refractivity contribution < 1.29 is 4.74 Å². The molecule has 2 rings (SSSR count). The molecule has 1 unspecified atom stereocenters. The fourth-order valence-corrected chi connectivity index (χ4v) is 1.90. The van der Waals surface area contributed by atoms with Crippen molar-refractivity contribution in [2.24, 2.45) is 5.73 Å². The van der Waals surface area contributed by atoms with Crippen LogP contribution in [0.2, 0.25) is 0 Å². The summed E-state index contributed by atoms with van der Waals surface area (Å²) in [4.78, 5) is 4.24. The Morgan fingerprint density at radius 2 is 2.28 bits per heavy atom. The van der Waals surface area contributed by atoms with Crippen molar-refractivity contribution >= 4 is 0 Å². The van der Waals surface area contributed by atoms with E-state index in [1.54, 1.807) is 13.4 Å². The van der Waals surface area contributed by atoms with E-state index in [1.165, 1.54) is 0 Å². The second kappa shape index (κ2) is 5.64. The lowest BCUT2D eigenvalue weighted by atomic mass is 10.0. The van der Waals surface area contributed by atoms with Gasteiger partial charge in [0.25, 0.3) is 0 Å². The van der Waals surface area contributed by atoms with E-state index in [1.807, 2.05) is 35.9 Å². The van der Waals surface area contributed by atoms with E-state index in [0.29, 0.717) is 6.42 Å². The maximum atomic E-state index is 6.20. The van der Waals surface area contributed by atoms with Crippen LogP contribution in [0.3, 0.4) is 0 Å². The molecule has 96 valence electrons. The maximum absolute atomic E-state index is 6.20. The fourth-order valence-electron chi connectivity index (χ4n) is 1.90. The monoisotopic (exact) mass is 246 g/mol. The molecule has 1 atom stereocenters. The molecule has 0 fully saturated rings. The molecule has 0 saturated heterocycles. The molecular weight excluding hydrogens is 228 g/mol. The molecule has 0 radical (unpaired) electrons. The molecule has 2 aromatic rings. The standard InChI is InChI=1S/C13H18N4O/c1-3-17-13(15-9-16-17)8-12(14)10-5-4-6-11(7-10)18-2/h4-7,9,12H,3,8,14H2,1-2H3. The molecule has 0 saturated carbocycles. The molecule has 0 aliphatic rings. The van der Waals surface area contributed by atoms with Crippen molar-refractivity contribution in [1.29, 1.82) is 0 Å². The molecule has 0 spiro atoms. The van der Waals surface area contributed by atoms with Gasteiger partial charge in [-0.05, 0) is 24.6 Å². The molecule has 5 nitrogen and oxygen atoms in total. The molecule has 2 N–H and O–H groups in total. The Balaban J connectivity index is 2.13. The van der Waals surface area contributed by atoms with E-state index < -0.39 is 0 Å². The first-order chi connectivity index (χ1) is 8.74. The van der Waals surface area contributed by atoms with Crippen LogP contribution < -0.4 is 10.5 Å². The molecule has 1 heterocycles. The van der Waals surface area contributed by atoms with Crippen LogP contribution in [0.15, 0.2) is 30.6 Å². The van der Waals surface area contributed by atoms with Crippen LogP contribution in [-0.4, -0.2) is 21.9 Å². The van der Waals surface area contributed by atoms with Gasteiger partial charge in [-0.2, -0.15) is 5.10 Å². The van der Waals surface area contributed by atoms with E-state index in [2.05, 4.69) is 10.1 Å². The smallest absolute Gasteiger partial charge is 0.138 e. The molecule has 5 heteroatoms. The van der Waals surface area contributed by atoms with Crippen LogP contribution in [-0.2, 0) is 13.0 Å². The number of rotatable bonds is 5. The minimum absolute atomic E-state index is 0.102. The average Bonchev–Trinajstić information content (AvgIpc) is 2.86. The molecule has 0 bridgehead atoms. The summed E-state index contributed by atoms with van der Waals surface area (Å²) < 4.78 is 7.06. The summed E-state index contributed by atoms with van der Waals surface area (Å²) in [5, 5.41) is 4.14. The van der Waals surface area contributed by atoms with Gasteiger partial charge in [0.1, 0.15) is 17.9 Å². The van der Waals surface area contributed by atoms with Gasteiger partial charge < -0.3 is 10.5 Å². The Hall–Kier alpha value is -1.88. The number of nitrogens with two attached hydrogens (primary N) is 1. The number of hydrogen-bond acceptors (Lipinski definition) is 4. The molecule has 1 aromatic carbocycles. The lowest BCUT2D eigenvalue weighted by Gasteiger charge is -2.13. The van der Waals surface area contributed by atoms with Crippen LogP contribution >= 0.6 is 0 Å². The van der Waals surface area contributed by atoms with Crippen molar-refractivity contribution in [1.82, 2.24) is 14.8 Å². The Morgan fingerprint density at radius 1 is 1.44 bits per heavy atom. The lowest BCUT2D eigenvalue weighted by molar-refractivity contribution is 0.413. The van der Waals surface area contributed by atoms with Crippen LogP contribution in [0.25, 0.3) is 0 Å². The molecule has 0 amide bonds. The number of aromatic nitrogens is 3. The Morgan fingerprint density at radius 3 is 3.00 bits per heavy atom. The first-order valence-corrected chi connectivity index (χ1v) is 6.00. The topological polar surface area (TPSA) is 66.0 Å². The summed E-state index contributed by atoms with van der Waals surface area (Å²) in [6.45, 7) is 2.84. The van der Waals surface area contributed by atoms with Crippen molar-refractivity contribution in [3.63, 3.8) is 0 Å². The third kappa shape index (κ3) is 2.68. The van der Waals surface area contributed by atoms with E-state index in [0.717, 1.165) is 23.7 Å². The maximum Gasteiger partial charge on any atom is 0.138 e. The van der Waals surface area contributed by atoms with Gasteiger partial charge in [0, 0.05) is 19.0 Å². The summed E-state index contributed by atoms with van der Waals surface area (Å²) in [5.41, 5.74) is 7.24. The molecule has 1 aromatic heterocycles. The third-order valence-electron chi connectivity index (χ3n) is 2.92. The number of methoxy groups -OCH3 is 1. The summed E-state index contributed by atoms with van der Waals surface area (Å²) in [5.74, 6) is 1.73. The predicted molar refractivity (Wildman–Crippen MR) is 69.3 cm³/mol. The van der Waals surface area contributed by atoms with Gasteiger partial charge in [0.05, 0.1) is 7.11 Å². The average molecular weight is 246 g/mol. The van der Waals surface area contributed by atoms with Gasteiger partial charge in [0.2, 0.25) is 0 Å². The van der Waals surface area contributed by atoms with Crippen molar-refractivity contribution in [2.45, 2.75) is 25.9 Å². The van der Waals surface area contributed by atoms with Crippen LogP contribution in [0, 0.1) is 0 Å². The van der Waals surface area contributed by atoms with Crippen molar-refractivity contribution in [3.05, 3.63) is 42.0 Å². The summed E-state index contributed by atoms with van der Waals surface area (Å²) in [6.07, 6.45) is 2.23. The molecule has 0 aliphatic heterocycles. The highest BCUT2D eigenvalue weighted by atomic mass is 16.5. The normalized spacial score (nSPS) is 12.4. The predicted octanol–water partition coefficient (Wildman–Crippen LogP) is 1.55. The third-order valence-corrected chi connectivity index (χ3v) is 2.92. The zero-order valence-corrected chi connectivity index (χ0v) is 10.7. The van der Waals surface area contributed by atoms with Crippen LogP contribution in [0.5, 0.6) is 5.75 Å². The quantitative estimate of drug-likeness (QED) is 0.869. The fraction of sp³-hybridized carbons (Fsp3) is 0.385. The first kappa shape index (κ1) is 12.6. The Kier molecular flexibility index (Phi) is 3.94. The van der Waals surface area contributed by atoms with E-state index in [4.69, 9.17) is 10.5 Å². The molecule has 0 aliphatic carbocycles. The summed E-state index contributed by atoms with van der Waals surface area (Å²) >= 11 is 0. The SMILES string of the molecule is CCn1ncnc1CC(N)c1cccc(OC)c1. The summed E-state index contributed by atoms with van der Waals surface area (Å²) in [7, 11) is 1.65. The van der Waals surface area contributed by atoms with Crippen molar-refractivity contribution in [3.8, 4) is 5.75 Å². The van der Waals surface area contributed by atoms with Gasteiger partial charge in [-0.3, -0.25) is 4.68 Å². The van der Waals surface area contributed by atoms with Gasteiger partial charge in [-0.25, -0.2) is 4.98 Å². The van der Waals surface area contributed by atoms with Gasteiger partial charge in [-0.1, -0.05) is 12.1 Å². The van der Waals surface area contributed by atoms with E-state index in [-0.39, 0.29) is 6.04 Å². The van der Waals surface area contributed by atoms with E-state index >= 15 is 0 Å².